The molecule has 0 saturated carbocycles. The van der Waals surface area contributed by atoms with E-state index in [9.17, 15) is 14.4 Å². The van der Waals surface area contributed by atoms with Crippen molar-refractivity contribution < 1.29 is 28.6 Å². The summed E-state index contributed by atoms with van der Waals surface area (Å²) in [7, 11) is 3.27. The van der Waals surface area contributed by atoms with E-state index < -0.39 is 6.10 Å². The van der Waals surface area contributed by atoms with Gasteiger partial charge in [0.15, 0.2) is 11.5 Å². The van der Waals surface area contributed by atoms with Gasteiger partial charge in [-0.3, -0.25) is 19.9 Å². The lowest BCUT2D eigenvalue weighted by atomic mass is 10.0. The molecule has 4 rings (SSSR count). The molecule has 3 atom stereocenters. The van der Waals surface area contributed by atoms with E-state index in [-0.39, 0.29) is 30.5 Å². The zero-order valence-electron chi connectivity index (χ0n) is 23.6. The number of nitrogens with one attached hydrogen (secondary N) is 2. The Morgan fingerprint density at radius 2 is 2.02 bits per heavy atom. The van der Waals surface area contributed by atoms with E-state index in [1.54, 1.807) is 43.3 Å². The maximum atomic E-state index is 13.6. The minimum atomic E-state index is -0.591. The standard InChI is InChI=1S/C31H36N4O6/c1-5-21(7-6-12-36)18-40-29-15-27-26(14-28(29)39-4)31(38)35-17-23(13-25(35)16-33-27)22-8-10-24(11-9-22)34-30(37)20(2)41-19-32-3/h5,8-12,14-17,20-21,25,32H,1,6-7,13,18-19H2,2-4H3,(H,34,37)/t20-,21?,25?/m1/s1. The molecule has 0 aliphatic carbocycles. The van der Waals surface area contributed by atoms with Crippen molar-refractivity contribution in [3.63, 3.8) is 0 Å². The van der Waals surface area contributed by atoms with Gasteiger partial charge in [-0.25, -0.2) is 0 Å². The highest BCUT2D eigenvalue weighted by molar-refractivity contribution is 6.05. The van der Waals surface area contributed by atoms with Gasteiger partial charge in [-0.1, -0.05) is 18.2 Å². The van der Waals surface area contributed by atoms with Gasteiger partial charge >= 0.3 is 0 Å². The molecule has 41 heavy (non-hydrogen) atoms. The molecule has 2 heterocycles. The summed E-state index contributed by atoms with van der Waals surface area (Å²) in [6.07, 6.45) is 7.36. The monoisotopic (exact) mass is 560 g/mol. The molecule has 2 aliphatic heterocycles. The van der Waals surface area contributed by atoms with Gasteiger partial charge in [0.2, 0.25) is 0 Å². The summed E-state index contributed by atoms with van der Waals surface area (Å²) in [6.45, 7) is 6.13. The van der Waals surface area contributed by atoms with Crippen LogP contribution in [0.2, 0.25) is 0 Å². The van der Waals surface area contributed by atoms with Crippen LogP contribution < -0.4 is 20.1 Å². The third-order valence-corrected chi connectivity index (χ3v) is 7.03. The van der Waals surface area contributed by atoms with Crippen LogP contribution in [0.1, 0.15) is 42.1 Å². The van der Waals surface area contributed by atoms with E-state index in [2.05, 4.69) is 22.2 Å². The van der Waals surface area contributed by atoms with Gasteiger partial charge in [0.1, 0.15) is 12.4 Å². The number of anilines is 1. The van der Waals surface area contributed by atoms with Crippen LogP contribution in [0.25, 0.3) is 5.57 Å². The summed E-state index contributed by atoms with van der Waals surface area (Å²) in [5.41, 5.74) is 3.52. The van der Waals surface area contributed by atoms with Gasteiger partial charge < -0.3 is 29.2 Å². The van der Waals surface area contributed by atoms with Crippen LogP contribution in [-0.4, -0.2) is 68.9 Å². The number of amides is 2. The Morgan fingerprint density at radius 1 is 1.24 bits per heavy atom. The Labute approximate surface area is 240 Å². The second-order valence-electron chi connectivity index (χ2n) is 9.86. The molecule has 2 N–H and O–H groups in total. The first-order valence-electron chi connectivity index (χ1n) is 13.5. The van der Waals surface area contributed by atoms with E-state index in [1.165, 1.54) is 7.11 Å². The number of aldehydes is 1. The number of ether oxygens (including phenoxy) is 3. The topological polar surface area (TPSA) is 119 Å². The number of aliphatic imine (C=N–C) groups is 1. The van der Waals surface area contributed by atoms with Gasteiger partial charge in [-0.2, -0.15) is 0 Å². The van der Waals surface area contributed by atoms with Gasteiger partial charge in [0, 0.05) is 42.9 Å². The molecule has 0 bridgehead atoms. The number of fused-ring (bicyclic) bond motifs is 2. The number of hydrogen-bond donors (Lipinski definition) is 2. The number of carbonyl (C=O) groups excluding carboxylic acids is 3. The highest BCUT2D eigenvalue weighted by Gasteiger charge is 2.33. The van der Waals surface area contributed by atoms with Crippen LogP contribution in [-0.2, 0) is 14.3 Å². The smallest absolute Gasteiger partial charge is 0.260 e. The van der Waals surface area contributed by atoms with Crippen LogP contribution >= 0.6 is 0 Å². The molecule has 0 fully saturated rings. The molecule has 2 aromatic carbocycles. The second kappa shape index (κ2) is 13.9. The van der Waals surface area contributed by atoms with Crippen LogP contribution in [0.5, 0.6) is 11.5 Å². The minimum Gasteiger partial charge on any atom is -0.493 e. The molecule has 0 radical (unpaired) electrons. The van der Waals surface area contributed by atoms with Gasteiger partial charge in [0.25, 0.3) is 11.8 Å². The number of carbonyl (C=O) groups is 3. The molecular formula is C31H36N4O6. The van der Waals surface area contributed by atoms with Crippen molar-refractivity contribution in [1.82, 2.24) is 10.2 Å². The molecule has 2 unspecified atom stereocenters. The second-order valence-corrected chi connectivity index (χ2v) is 9.86. The van der Waals surface area contributed by atoms with Gasteiger partial charge in [-0.05, 0) is 49.7 Å². The maximum Gasteiger partial charge on any atom is 0.260 e. The van der Waals surface area contributed by atoms with E-state index >= 15 is 0 Å². The van der Waals surface area contributed by atoms with Gasteiger partial charge in [-0.15, -0.1) is 6.58 Å². The summed E-state index contributed by atoms with van der Waals surface area (Å²) in [6, 6.07) is 10.6. The first kappa shape index (κ1) is 29.7. The van der Waals surface area contributed by atoms with Crippen LogP contribution in [0, 0.1) is 5.92 Å². The highest BCUT2D eigenvalue weighted by atomic mass is 16.5. The summed E-state index contributed by atoms with van der Waals surface area (Å²) in [4.78, 5) is 43.0. The Hall–Kier alpha value is -4.28. The van der Waals surface area contributed by atoms with E-state index in [0.29, 0.717) is 54.3 Å². The fraction of sp³-hybridized carbons (Fsp3) is 0.355. The molecule has 2 amide bonds. The van der Waals surface area contributed by atoms with Crippen LogP contribution in [0.3, 0.4) is 0 Å². The van der Waals surface area contributed by atoms with Crippen LogP contribution in [0.4, 0.5) is 11.4 Å². The highest BCUT2D eigenvalue weighted by Crippen LogP contribution is 2.40. The molecule has 0 aromatic heterocycles. The SMILES string of the molecule is C=CC(CCC=O)COc1cc2c(cc1OC)C(=O)N1C=C(c3ccc(NC(=O)[C@@H](C)OCNC)cc3)CC1C=N2. The summed E-state index contributed by atoms with van der Waals surface area (Å²) in [5, 5.41) is 5.69. The summed E-state index contributed by atoms with van der Waals surface area (Å²) < 4.78 is 16.9. The molecule has 216 valence electrons. The summed E-state index contributed by atoms with van der Waals surface area (Å²) in [5.74, 6) is 0.494. The normalized spacial score (nSPS) is 17.0. The fourth-order valence-electron chi connectivity index (χ4n) is 4.61. The third-order valence-electron chi connectivity index (χ3n) is 7.03. The predicted octanol–water partition coefficient (Wildman–Crippen LogP) is 4.35. The number of hydrogen-bond acceptors (Lipinski definition) is 8. The molecule has 10 nitrogen and oxygen atoms in total. The largest absolute Gasteiger partial charge is 0.493 e. The van der Waals surface area contributed by atoms with Crippen molar-refractivity contribution in [1.29, 1.82) is 0 Å². The van der Waals surface area contributed by atoms with Gasteiger partial charge in [0.05, 0.1) is 37.7 Å². The lowest BCUT2D eigenvalue weighted by Gasteiger charge is -2.19. The quantitative estimate of drug-likeness (QED) is 0.200. The van der Waals surface area contributed by atoms with Crippen molar-refractivity contribution in [2.45, 2.75) is 38.3 Å². The average molecular weight is 561 g/mol. The maximum absolute atomic E-state index is 13.6. The van der Waals surface area contributed by atoms with Crippen molar-refractivity contribution in [3.05, 3.63) is 66.4 Å². The Morgan fingerprint density at radius 3 is 2.71 bits per heavy atom. The van der Waals surface area contributed by atoms with Crippen molar-refractivity contribution in [3.8, 4) is 11.5 Å². The number of nitrogens with zero attached hydrogens (tertiary/aromatic N) is 2. The number of benzene rings is 2. The average Bonchev–Trinajstić information content (AvgIpc) is 3.38. The van der Waals surface area contributed by atoms with E-state index in [1.807, 2.05) is 30.5 Å². The lowest BCUT2D eigenvalue weighted by Crippen LogP contribution is -2.32. The molecule has 10 heteroatoms. The van der Waals surface area contributed by atoms with E-state index in [4.69, 9.17) is 14.2 Å². The Bertz CT molecular complexity index is 1340. The van der Waals surface area contributed by atoms with Crippen LogP contribution in [0.15, 0.2) is 60.2 Å². The lowest BCUT2D eigenvalue weighted by molar-refractivity contribution is -0.126. The van der Waals surface area contributed by atoms with Crippen molar-refractivity contribution in [2.75, 3.05) is 32.8 Å². The predicted molar refractivity (Wildman–Crippen MR) is 158 cm³/mol. The zero-order chi connectivity index (χ0) is 29.4. The molecule has 2 aliphatic rings. The van der Waals surface area contributed by atoms with Crippen molar-refractivity contribution >= 4 is 41.3 Å². The zero-order valence-corrected chi connectivity index (χ0v) is 23.6. The first-order valence-corrected chi connectivity index (χ1v) is 13.5. The Balaban J connectivity index is 1.47. The minimum absolute atomic E-state index is 0.00846. The number of rotatable bonds is 14. The molecule has 2 aromatic rings. The first-order chi connectivity index (χ1) is 19.9. The number of methoxy groups -OCH3 is 1. The molecule has 0 spiro atoms. The third kappa shape index (κ3) is 7.08. The summed E-state index contributed by atoms with van der Waals surface area (Å²) >= 11 is 0. The van der Waals surface area contributed by atoms with Crippen molar-refractivity contribution in [2.24, 2.45) is 10.9 Å². The Kier molecular flexibility index (Phi) is 10.0. The fourth-order valence-corrected chi connectivity index (χ4v) is 4.61. The molecule has 0 saturated heterocycles. The van der Waals surface area contributed by atoms with E-state index in [0.717, 1.165) is 17.4 Å². The molecular weight excluding hydrogens is 524 g/mol.